The third kappa shape index (κ3) is 3.68. The number of hydrogen-bond acceptors (Lipinski definition) is 4. The maximum absolute atomic E-state index is 12.5. The molecule has 1 aromatic heterocycles. The smallest absolute Gasteiger partial charge is 0.240 e. The Morgan fingerprint density at radius 1 is 1.08 bits per heavy atom. The predicted octanol–water partition coefficient (Wildman–Crippen LogP) is 3.01. The third-order valence-electron chi connectivity index (χ3n) is 4.34. The van der Waals surface area contributed by atoms with Crippen LogP contribution in [0.4, 0.5) is 0 Å². The zero-order valence-electron chi connectivity index (χ0n) is 15.0. The Kier molecular flexibility index (Phi) is 5.20. The van der Waals surface area contributed by atoms with Gasteiger partial charge in [-0.3, -0.25) is 0 Å². The summed E-state index contributed by atoms with van der Waals surface area (Å²) in [6.45, 7) is 2.12. The van der Waals surface area contributed by atoms with Gasteiger partial charge >= 0.3 is 0 Å². The molecule has 0 aliphatic heterocycles. The average molecular weight is 374 g/mol. The number of aryl methyl sites for hydroxylation is 1. The van der Waals surface area contributed by atoms with Crippen LogP contribution in [0.2, 0.25) is 0 Å². The maximum atomic E-state index is 12.5. The van der Waals surface area contributed by atoms with Gasteiger partial charge in [0.05, 0.1) is 19.1 Å². The van der Waals surface area contributed by atoms with Crippen molar-refractivity contribution >= 4 is 20.9 Å². The number of ether oxygens (including phenoxy) is 2. The van der Waals surface area contributed by atoms with E-state index in [1.807, 2.05) is 31.3 Å². The van der Waals surface area contributed by atoms with Crippen molar-refractivity contribution in [3.63, 3.8) is 0 Å². The van der Waals surface area contributed by atoms with Gasteiger partial charge in [0, 0.05) is 23.6 Å². The standard InChI is InChI=1S/C19H22N2O4S/c1-13-10-16(5-7-19(13)25-3)26(22,23)21-9-8-14-12-20-18-6-4-15(24-2)11-17(14)18/h4-7,10-12,20-21H,8-9H2,1-3H3. The predicted molar refractivity (Wildman–Crippen MR) is 101 cm³/mol. The number of H-pyrrole nitrogens is 1. The largest absolute Gasteiger partial charge is 0.497 e. The van der Waals surface area contributed by atoms with Crippen LogP contribution in [0.3, 0.4) is 0 Å². The van der Waals surface area contributed by atoms with Crippen LogP contribution in [-0.4, -0.2) is 34.2 Å². The van der Waals surface area contributed by atoms with Gasteiger partial charge in [0.2, 0.25) is 10.0 Å². The number of fused-ring (bicyclic) bond motifs is 1. The molecule has 0 spiro atoms. The lowest BCUT2D eigenvalue weighted by Crippen LogP contribution is -2.26. The van der Waals surface area contributed by atoms with Crippen molar-refractivity contribution in [2.75, 3.05) is 20.8 Å². The molecule has 2 aromatic carbocycles. The van der Waals surface area contributed by atoms with Crippen LogP contribution in [-0.2, 0) is 16.4 Å². The van der Waals surface area contributed by atoms with E-state index in [1.54, 1.807) is 32.4 Å². The van der Waals surface area contributed by atoms with Crippen molar-refractivity contribution in [1.29, 1.82) is 0 Å². The van der Waals surface area contributed by atoms with Crippen molar-refractivity contribution < 1.29 is 17.9 Å². The Bertz CT molecular complexity index is 1030. The van der Waals surface area contributed by atoms with Gasteiger partial charge in [-0.05, 0) is 60.9 Å². The number of aromatic nitrogens is 1. The van der Waals surface area contributed by atoms with Crippen LogP contribution in [0.1, 0.15) is 11.1 Å². The van der Waals surface area contributed by atoms with Gasteiger partial charge in [-0.2, -0.15) is 0 Å². The lowest BCUT2D eigenvalue weighted by molar-refractivity contribution is 0.411. The number of sulfonamides is 1. The molecule has 0 saturated heterocycles. The summed E-state index contributed by atoms with van der Waals surface area (Å²) in [5.41, 5.74) is 2.81. The number of benzene rings is 2. The lowest BCUT2D eigenvalue weighted by Gasteiger charge is -2.09. The molecule has 0 unspecified atom stereocenters. The molecule has 0 aliphatic carbocycles. The SMILES string of the molecule is COc1ccc2[nH]cc(CCNS(=O)(=O)c3ccc(OC)c(C)c3)c2c1. The fourth-order valence-corrected chi connectivity index (χ4v) is 4.03. The highest BCUT2D eigenvalue weighted by molar-refractivity contribution is 7.89. The van der Waals surface area contributed by atoms with E-state index in [1.165, 1.54) is 0 Å². The van der Waals surface area contributed by atoms with Gasteiger partial charge in [-0.15, -0.1) is 0 Å². The fraction of sp³-hybridized carbons (Fsp3) is 0.263. The van der Waals surface area contributed by atoms with Crippen molar-refractivity contribution in [3.05, 3.63) is 53.7 Å². The zero-order valence-corrected chi connectivity index (χ0v) is 15.8. The van der Waals surface area contributed by atoms with Gasteiger partial charge in [0.25, 0.3) is 0 Å². The molecule has 138 valence electrons. The molecule has 0 amide bonds. The summed E-state index contributed by atoms with van der Waals surface area (Å²) in [5, 5.41) is 1.03. The number of rotatable bonds is 7. The lowest BCUT2D eigenvalue weighted by atomic mass is 10.1. The Morgan fingerprint density at radius 3 is 2.58 bits per heavy atom. The van der Waals surface area contributed by atoms with Gasteiger partial charge in [0.1, 0.15) is 11.5 Å². The molecule has 26 heavy (non-hydrogen) atoms. The van der Waals surface area contributed by atoms with Crippen LogP contribution in [0.25, 0.3) is 10.9 Å². The molecule has 1 heterocycles. The number of methoxy groups -OCH3 is 2. The molecule has 2 N–H and O–H groups in total. The number of aromatic amines is 1. The summed E-state index contributed by atoms with van der Waals surface area (Å²) < 4.78 is 38.1. The van der Waals surface area contributed by atoms with E-state index in [0.29, 0.717) is 18.7 Å². The second-order valence-corrected chi connectivity index (χ2v) is 7.77. The molecule has 6 nitrogen and oxygen atoms in total. The molecule has 0 fully saturated rings. The first-order valence-corrected chi connectivity index (χ1v) is 9.71. The molecular formula is C19H22N2O4S. The highest BCUT2D eigenvalue weighted by Crippen LogP contribution is 2.24. The molecule has 0 bridgehead atoms. The minimum absolute atomic E-state index is 0.233. The number of hydrogen-bond donors (Lipinski definition) is 2. The summed E-state index contributed by atoms with van der Waals surface area (Å²) >= 11 is 0. The van der Waals surface area contributed by atoms with E-state index in [-0.39, 0.29) is 4.90 Å². The second-order valence-electron chi connectivity index (χ2n) is 6.00. The highest BCUT2D eigenvalue weighted by atomic mass is 32.2. The summed E-state index contributed by atoms with van der Waals surface area (Å²) in [5.74, 6) is 1.43. The van der Waals surface area contributed by atoms with Crippen molar-refractivity contribution in [1.82, 2.24) is 9.71 Å². The van der Waals surface area contributed by atoms with Crippen LogP contribution < -0.4 is 14.2 Å². The highest BCUT2D eigenvalue weighted by Gasteiger charge is 2.15. The first kappa shape index (κ1) is 18.3. The average Bonchev–Trinajstić information content (AvgIpc) is 3.03. The molecule has 0 radical (unpaired) electrons. The molecule has 0 saturated carbocycles. The molecule has 0 atom stereocenters. The Balaban J connectivity index is 1.72. The molecular weight excluding hydrogens is 352 g/mol. The van der Waals surface area contributed by atoms with Gasteiger partial charge in [0.15, 0.2) is 0 Å². The van der Waals surface area contributed by atoms with Crippen LogP contribution >= 0.6 is 0 Å². The van der Waals surface area contributed by atoms with Crippen LogP contribution in [0, 0.1) is 6.92 Å². The van der Waals surface area contributed by atoms with Gasteiger partial charge in [-0.25, -0.2) is 13.1 Å². The molecule has 0 aliphatic rings. The Labute approximate surface area is 153 Å². The van der Waals surface area contributed by atoms with Crippen LogP contribution in [0.15, 0.2) is 47.5 Å². The van der Waals surface area contributed by atoms with Gasteiger partial charge < -0.3 is 14.5 Å². The monoisotopic (exact) mass is 374 g/mol. The zero-order chi connectivity index (χ0) is 18.7. The number of nitrogens with one attached hydrogen (secondary N) is 2. The fourth-order valence-electron chi connectivity index (χ4n) is 2.91. The summed E-state index contributed by atoms with van der Waals surface area (Å²) in [7, 11) is -0.384. The van der Waals surface area contributed by atoms with E-state index in [9.17, 15) is 8.42 Å². The van der Waals surface area contributed by atoms with E-state index in [0.717, 1.165) is 27.8 Å². The van der Waals surface area contributed by atoms with E-state index in [4.69, 9.17) is 9.47 Å². The van der Waals surface area contributed by atoms with Crippen molar-refractivity contribution in [2.45, 2.75) is 18.2 Å². The van der Waals surface area contributed by atoms with E-state index in [2.05, 4.69) is 9.71 Å². The Hall–Kier alpha value is -2.51. The Morgan fingerprint density at radius 2 is 1.88 bits per heavy atom. The summed E-state index contributed by atoms with van der Waals surface area (Å²) in [6.07, 6.45) is 2.47. The van der Waals surface area contributed by atoms with Crippen molar-refractivity contribution in [2.24, 2.45) is 0 Å². The maximum Gasteiger partial charge on any atom is 0.240 e. The second kappa shape index (κ2) is 7.39. The van der Waals surface area contributed by atoms with E-state index >= 15 is 0 Å². The first-order valence-electron chi connectivity index (χ1n) is 8.23. The van der Waals surface area contributed by atoms with E-state index < -0.39 is 10.0 Å². The normalized spacial score (nSPS) is 11.7. The van der Waals surface area contributed by atoms with Crippen molar-refractivity contribution in [3.8, 4) is 11.5 Å². The summed E-state index contributed by atoms with van der Waals surface area (Å²) in [4.78, 5) is 3.43. The minimum Gasteiger partial charge on any atom is -0.497 e. The summed E-state index contributed by atoms with van der Waals surface area (Å²) in [6, 6.07) is 10.6. The molecule has 3 aromatic rings. The third-order valence-corrected chi connectivity index (χ3v) is 5.80. The molecule has 7 heteroatoms. The van der Waals surface area contributed by atoms with Gasteiger partial charge in [-0.1, -0.05) is 0 Å². The quantitative estimate of drug-likeness (QED) is 0.666. The molecule has 3 rings (SSSR count). The first-order chi connectivity index (χ1) is 12.4. The minimum atomic E-state index is -3.57. The van der Waals surface area contributed by atoms with Crippen LogP contribution in [0.5, 0.6) is 11.5 Å². The topological polar surface area (TPSA) is 80.4 Å².